The van der Waals surface area contributed by atoms with Crippen molar-refractivity contribution in [2.24, 2.45) is 0 Å². The minimum absolute atomic E-state index is 0.0627. The van der Waals surface area contributed by atoms with Crippen LogP contribution in [0.25, 0.3) is 0 Å². The number of thioether (sulfide) groups is 1. The third-order valence-corrected chi connectivity index (χ3v) is 7.97. The zero-order valence-corrected chi connectivity index (χ0v) is 19.2. The number of ether oxygens (including phenoxy) is 1. The van der Waals surface area contributed by atoms with E-state index < -0.39 is 10.0 Å². The average molecular weight is 469 g/mol. The normalized spacial score (nSPS) is 15.1. The fraction of sp³-hybridized carbons (Fsp3) is 0.381. The summed E-state index contributed by atoms with van der Waals surface area (Å²) in [6.45, 7) is 3.83. The van der Waals surface area contributed by atoms with E-state index in [1.807, 2.05) is 0 Å². The molecule has 1 amide bonds. The molecule has 9 heteroatoms. The van der Waals surface area contributed by atoms with Crippen LogP contribution in [0.5, 0.6) is 0 Å². The fourth-order valence-electron chi connectivity index (χ4n) is 2.98. The van der Waals surface area contributed by atoms with E-state index in [2.05, 4.69) is 36.5 Å². The van der Waals surface area contributed by atoms with Crippen LogP contribution >= 0.6 is 23.4 Å². The summed E-state index contributed by atoms with van der Waals surface area (Å²) in [6.07, 6.45) is 0. The van der Waals surface area contributed by atoms with Crippen molar-refractivity contribution in [3.63, 3.8) is 0 Å². The molecule has 0 radical (unpaired) electrons. The molecule has 0 bridgehead atoms. The van der Waals surface area contributed by atoms with Gasteiger partial charge in [-0.1, -0.05) is 41.4 Å². The van der Waals surface area contributed by atoms with Gasteiger partial charge in [0.15, 0.2) is 0 Å². The molecule has 0 unspecified atom stereocenters. The van der Waals surface area contributed by atoms with Gasteiger partial charge in [-0.3, -0.25) is 4.79 Å². The van der Waals surface area contributed by atoms with Crippen molar-refractivity contribution in [2.45, 2.75) is 17.6 Å². The SMILES string of the molecule is Cc1ccc(CSCCNC(=O)c2cc(S(=O)(=O)N3CCOCC3)ccc2Cl)cc1. The van der Waals surface area contributed by atoms with Crippen LogP contribution in [0.3, 0.4) is 0 Å². The van der Waals surface area contributed by atoms with Crippen LogP contribution in [0, 0.1) is 6.92 Å². The number of nitrogens with one attached hydrogen (secondary N) is 1. The van der Waals surface area contributed by atoms with E-state index in [0.717, 1.165) is 11.5 Å². The van der Waals surface area contributed by atoms with Crippen LogP contribution in [0.2, 0.25) is 5.02 Å². The number of rotatable bonds is 8. The number of carbonyl (C=O) groups excluding carboxylic acids is 1. The Balaban J connectivity index is 1.56. The molecule has 3 rings (SSSR count). The van der Waals surface area contributed by atoms with Gasteiger partial charge in [-0.05, 0) is 30.7 Å². The van der Waals surface area contributed by atoms with Gasteiger partial charge >= 0.3 is 0 Å². The van der Waals surface area contributed by atoms with Gasteiger partial charge in [0.2, 0.25) is 10.0 Å². The van der Waals surface area contributed by atoms with Gasteiger partial charge in [0, 0.05) is 31.1 Å². The van der Waals surface area contributed by atoms with Gasteiger partial charge < -0.3 is 10.1 Å². The third-order valence-electron chi connectivity index (χ3n) is 4.71. The Labute approximate surface area is 187 Å². The van der Waals surface area contributed by atoms with E-state index in [1.54, 1.807) is 11.8 Å². The van der Waals surface area contributed by atoms with Crippen LogP contribution in [0.1, 0.15) is 21.5 Å². The molecule has 30 heavy (non-hydrogen) atoms. The summed E-state index contributed by atoms with van der Waals surface area (Å²) in [5.74, 6) is 1.22. The number of carbonyl (C=O) groups is 1. The molecule has 1 fully saturated rings. The van der Waals surface area contributed by atoms with Gasteiger partial charge in [-0.25, -0.2) is 8.42 Å². The summed E-state index contributed by atoms with van der Waals surface area (Å²) in [4.78, 5) is 12.6. The van der Waals surface area contributed by atoms with Crippen molar-refractivity contribution in [3.05, 3.63) is 64.2 Å². The Bertz CT molecular complexity index is 975. The lowest BCUT2D eigenvalue weighted by Gasteiger charge is -2.26. The standard InChI is InChI=1S/C21H25ClN2O4S2/c1-16-2-4-17(5-3-16)15-29-13-8-23-21(25)19-14-18(6-7-20(19)22)30(26,27)24-9-11-28-12-10-24/h2-7,14H,8-13,15H2,1H3,(H,23,25). The minimum Gasteiger partial charge on any atom is -0.379 e. The van der Waals surface area contributed by atoms with Crippen LogP contribution < -0.4 is 5.32 Å². The first kappa shape index (κ1) is 23.1. The fourth-order valence-corrected chi connectivity index (χ4v) is 5.44. The Morgan fingerprint density at radius 1 is 1.17 bits per heavy atom. The van der Waals surface area contributed by atoms with E-state index in [1.165, 1.54) is 33.6 Å². The number of halogens is 1. The number of sulfonamides is 1. The van der Waals surface area contributed by atoms with Crippen molar-refractivity contribution >= 4 is 39.3 Å². The largest absolute Gasteiger partial charge is 0.379 e. The van der Waals surface area contributed by atoms with Crippen LogP contribution in [-0.4, -0.2) is 57.2 Å². The minimum atomic E-state index is -3.69. The lowest BCUT2D eigenvalue weighted by molar-refractivity contribution is 0.0730. The number of aryl methyl sites for hydroxylation is 1. The number of morpholine rings is 1. The van der Waals surface area contributed by atoms with E-state index >= 15 is 0 Å². The highest BCUT2D eigenvalue weighted by Gasteiger charge is 2.27. The topological polar surface area (TPSA) is 75.7 Å². The summed E-state index contributed by atoms with van der Waals surface area (Å²) in [5, 5.41) is 3.04. The summed E-state index contributed by atoms with van der Waals surface area (Å²) >= 11 is 7.88. The second-order valence-electron chi connectivity index (χ2n) is 6.95. The van der Waals surface area contributed by atoms with Crippen LogP contribution in [-0.2, 0) is 20.5 Å². The summed E-state index contributed by atoms with van der Waals surface area (Å²) in [6, 6.07) is 12.6. The quantitative estimate of drug-likeness (QED) is 0.601. The zero-order valence-electron chi connectivity index (χ0n) is 16.8. The van der Waals surface area contributed by atoms with Gasteiger partial charge in [0.1, 0.15) is 0 Å². The Kier molecular flexibility index (Phi) is 8.19. The van der Waals surface area contributed by atoms with Crippen LogP contribution in [0.4, 0.5) is 0 Å². The maximum absolute atomic E-state index is 12.8. The Morgan fingerprint density at radius 2 is 1.87 bits per heavy atom. The van der Waals surface area contributed by atoms with E-state index in [4.69, 9.17) is 16.3 Å². The van der Waals surface area contributed by atoms with Crippen molar-refractivity contribution in [3.8, 4) is 0 Å². The van der Waals surface area contributed by atoms with Gasteiger partial charge in [0.25, 0.3) is 5.91 Å². The molecular formula is C21H25ClN2O4S2. The van der Waals surface area contributed by atoms with Crippen molar-refractivity contribution < 1.29 is 17.9 Å². The maximum Gasteiger partial charge on any atom is 0.252 e. The molecule has 0 atom stereocenters. The molecule has 1 aliphatic rings. The first-order chi connectivity index (χ1) is 14.4. The molecule has 0 saturated carbocycles. The highest BCUT2D eigenvalue weighted by atomic mass is 35.5. The van der Waals surface area contributed by atoms with Crippen molar-refractivity contribution in [1.29, 1.82) is 0 Å². The third kappa shape index (κ3) is 5.98. The molecule has 0 spiro atoms. The molecule has 1 saturated heterocycles. The molecule has 0 aromatic heterocycles. The number of hydrogen-bond donors (Lipinski definition) is 1. The Morgan fingerprint density at radius 3 is 2.57 bits per heavy atom. The summed E-state index contributed by atoms with van der Waals surface area (Å²) < 4.78 is 32.2. The second kappa shape index (κ2) is 10.6. The molecule has 2 aromatic rings. The molecule has 6 nitrogen and oxygen atoms in total. The molecular weight excluding hydrogens is 444 g/mol. The van der Waals surface area contributed by atoms with E-state index in [-0.39, 0.29) is 21.4 Å². The molecule has 1 N–H and O–H groups in total. The molecule has 1 aliphatic heterocycles. The van der Waals surface area contributed by atoms with E-state index in [9.17, 15) is 13.2 Å². The number of amides is 1. The number of nitrogens with zero attached hydrogens (tertiary/aromatic N) is 1. The highest BCUT2D eigenvalue weighted by molar-refractivity contribution is 7.98. The molecule has 162 valence electrons. The predicted octanol–water partition coefficient (Wildman–Crippen LogP) is 3.33. The van der Waals surface area contributed by atoms with E-state index in [0.29, 0.717) is 32.8 Å². The molecule has 0 aliphatic carbocycles. The summed E-state index contributed by atoms with van der Waals surface area (Å²) in [7, 11) is -3.69. The molecule has 1 heterocycles. The maximum atomic E-state index is 12.8. The number of benzene rings is 2. The highest BCUT2D eigenvalue weighted by Crippen LogP contribution is 2.23. The van der Waals surface area contributed by atoms with Gasteiger partial charge in [0.05, 0.1) is 28.7 Å². The monoisotopic (exact) mass is 468 g/mol. The van der Waals surface area contributed by atoms with Crippen molar-refractivity contribution in [1.82, 2.24) is 9.62 Å². The second-order valence-corrected chi connectivity index (χ2v) is 10.4. The Hall–Kier alpha value is -1.58. The zero-order chi connectivity index (χ0) is 21.6. The predicted molar refractivity (Wildman–Crippen MR) is 121 cm³/mol. The first-order valence-corrected chi connectivity index (χ1v) is 12.6. The lowest BCUT2D eigenvalue weighted by Crippen LogP contribution is -2.40. The van der Waals surface area contributed by atoms with Crippen molar-refractivity contribution in [2.75, 3.05) is 38.6 Å². The first-order valence-electron chi connectivity index (χ1n) is 9.67. The van der Waals surface area contributed by atoms with Gasteiger partial charge in [-0.15, -0.1) is 0 Å². The smallest absolute Gasteiger partial charge is 0.252 e. The number of hydrogen-bond acceptors (Lipinski definition) is 5. The average Bonchev–Trinajstić information content (AvgIpc) is 2.75. The summed E-state index contributed by atoms with van der Waals surface area (Å²) in [5.41, 5.74) is 2.63. The lowest BCUT2D eigenvalue weighted by atomic mass is 10.2. The molecule has 2 aromatic carbocycles. The van der Waals surface area contributed by atoms with Gasteiger partial charge in [-0.2, -0.15) is 16.1 Å². The van der Waals surface area contributed by atoms with Crippen LogP contribution in [0.15, 0.2) is 47.4 Å².